The lowest BCUT2D eigenvalue weighted by atomic mass is 10.1. The van der Waals surface area contributed by atoms with E-state index < -0.39 is 0 Å². The predicted octanol–water partition coefficient (Wildman–Crippen LogP) is 4.86. The molecule has 1 fully saturated rings. The molecule has 1 heterocycles. The number of hydrogen-bond donors (Lipinski definition) is 2. The maximum Gasteiger partial charge on any atom is 0.257 e. The van der Waals surface area contributed by atoms with Crippen LogP contribution in [0.4, 0.5) is 21.5 Å². The van der Waals surface area contributed by atoms with Crippen LogP contribution in [0.3, 0.4) is 0 Å². The van der Waals surface area contributed by atoms with E-state index in [0.717, 1.165) is 31.1 Å². The second kappa shape index (κ2) is 7.43. The molecule has 1 amide bonds. The number of nitrogens with zero attached hydrogens (tertiary/aromatic N) is 1. The average Bonchev–Trinajstić information content (AvgIpc) is 3.42. The van der Waals surface area contributed by atoms with E-state index in [0.29, 0.717) is 16.8 Å². The molecule has 0 aromatic heterocycles. The van der Waals surface area contributed by atoms with Gasteiger partial charge in [0.25, 0.3) is 5.91 Å². The van der Waals surface area contributed by atoms with Crippen LogP contribution in [0.1, 0.15) is 31.7 Å². The Bertz CT molecular complexity index is 872. The quantitative estimate of drug-likeness (QED) is 0.689. The van der Waals surface area contributed by atoms with E-state index in [4.69, 9.17) is 0 Å². The van der Waals surface area contributed by atoms with Gasteiger partial charge in [0.1, 0.15) is 5.82 Å². The summed E-state index contributed by atoms with van der Waals surface area (Å²) in [5.74, 6) is 0.268. The van der Waals surface area contributed by atoms with Gasteiger partial charge in [0.05, 0.1) is 11.3 Å². The molecule has 5 heteroatoms. The summed E-state index contributed by atoms with van der Waals surface area (Å²) >= 11 is 0. The third-order valence-electron chi connectivity index (χ3n) is 5.05. The predicted molar refractivity (Wildman–Crippen MR) is 108 cm³/mol. The molecule has 0 atom stereocenters. The Balaban J connectivity index is 1.47. The topological polar surface area (TPSA) is 44.4 Å². The smallest absolute Gasteiger partial charge is 0.257 e. The first-order chi connectivity index (χ1) is 13.1. The van der Waals surface area contributed by atoms with Crippen LogP contribution in [0.2, 0.25) is 0 Å². The van der Waals surface area contributed by atoms with E-state index >= 15 is 0 Å². The molecule has 2 aromatic rings. The van der Waals surface area contributed by atoms with Crippen molar-refractivity contribution in [3.05, 3.63) is 60.0 Å². The zero-order valence-electron chi connectivity index (χ0n) is 15.5. The highest BCUT2D eigenvalue weighted by Gasteiger charge is 2.25. The average molecular weight is 365 g/mol. The van der Waals surface area contributed by atoms with Crippen molar-refractivity contribution in [2.45, 2.75) is 26.2 Å². The third kappa shape index (κ3) is 3.97. The second-order valence-corrected chi connectivity index (χ2v) is 7.28. The molecule has 0 spiro atoms. The van der Waals surface area contributed by atoms with Gasteiger partial charge in [-0.3, -0.25) is 4.79 Å². The Morgan fingerprint density at radius 1 is 1.22 bits per heavy atom. The number of nitrogens with one attached hydrogen (secondary N) is 2. The number of hydrogen-bond acceptors (Lipinski definition) is 3. The zero-order valence-corrected chi connectivity index (χ0v) is 15.5. The Morgan fingerprint density at radius 3 is 2.70 bits per heavy atom. The fourth-order valence-electron chi connectivity index (χ4n) is 3.44. The highest BCUT2D eigenvalue weighted by molar-refractivity contribution is 6.31. The lowest BCUT2D eigenvalue weighted by Gasteiger charge is -2.24. The maximum atomic E-state index is 13.3. The first-order valence-corrected chi connectivity index (χ1v) is 9.57. The lowest BCUT2D eigenvalue weighted by molar-refractivity contribution is -0.110. The summed E-state index contributed by atoms with van der Waals surface area (Å²) in [5.41, 5.74) is 3.89. The normalized spacial score (nSPS) is 17.0. The minimum atomic E-state index is -0.360. The SMILES string of the molecule is CCCN(CC1CC1)c1ccc(N/C=C2/C(=O)Nc3cc(F)ccc32)cc1. The van der Waals surface area contributed by atoms with Gasteiger partial charge in [-0.05, 0) is 67.6 Å². The first-order valence-electron chi connectivity index (χ1n) is 9.57. The summed E-state index contributed by atoms with van der Waals surface area (Å²) in [6.07, 6.45) is 5.51. The van der Waals surface area contributed by atoms with Crippen LogP contribution in [0.15, 0.2) is 48.7 Å². The monoisotopic (exact) mass is 365 g/mol. The molecule has 0 bridgehead atoms. The van der Waals surface area contributed by atoms with Crippen molar-refractivity contribution in [1.82, 2.24) is 0 Å². The number of carbonyl (C=O) groups excluding carboxylic acids is 1. The number of halogens is 1. The summed E-state index contributed by atoms with van der Waals surface area (Å²) in [5, 5.41) is 5.88. The maximum absolute atomic E-state index is 13.3. The Kier molecular flexibility index (Phi) is 4.84. The minimum absolute atomic E-state index is 0.224. The molecule has 27 heavy (non-hydrogen) atoms. The van der Waals surface area contributed by atoms with Gasteiger partial charge in [0.15, 0.2) is 0 Å². The van der Waals surface area contributed by atoms with E-state index in [-0.39, 0.29) is 11.7 Å². The van der Waals surface area contributed by atoms with E-state index in [2.05, 4.69) is 34.6 Å². The van der Waals surface area contributed by atoms with E-state index in [1.807, 2.05) is 12.1 Å². The van der Waals surface area contributed by atoms with Gasteiger partial charge >= 0.3 is 0 Å². The number of fused-ring (bicyclic) bond motifs is 1. The fourth-order valence-corrected chi connectivity index (χ4v) is 3.44. The van der Waals surface area contributed by atoms with Gasteiger partial charge in [-0.25, -0.2) is 4.39 Å². The van der Waals surface area contributed by atoms with Crippen molar-refractivity contribution >= 4 is 28.5 Å². The van der Waals surface area contributed by atoms with Crippen LogP contribution in [0.25, 0.3) is 5.57 Å². The van der Waals surface area contributed by atoms with Crippen molar-refractivity contribution in [2.75, 3.05) is 28.6 Å². The van der Waals surface area contributed by atoms with Crippen molar-refractivity contribution < 1.29 is 9.18 Å². The van der Waals surface area contributed by atoms with E-state index in [1.54, 1.807) is 12.3 Å². The summed E-state index contributed by atoms with van der Waals surface area (Å²) in [6.45, 7) is 4.41. The second-order valence-electron chi connectivity index (χ2n) is 7.28. The van der Waals surface area contributed by atoms with Gasteiger partial charge < -0.3 is 15.5 Å². The molecular formula is C22H24FN3O. The van der Waals surface area contributed by atoms with Gasteiger partial charge in [0, 0.05) is 36.2 Å². The first kappa shape index (κ1) is 17.6. The molecule has 2 aliphatic rings. The molecule has 140 valence electrons. The molecule has 4 rings (SSSR count). The van der Waals surface area contributed by atoms with Crippen LogP contribution >= 0.6 is 0 Å². The largest absolute Gasteiger partial charge is 0.371 e. The van der Waals surface area contributed by atoms with Crippen molar-refractivity contribution in [1.29, 1.82) is 0 Å². The summed E-state index contributed by atoms with van der Waals surface area (Å²) in [6, 6.07) is 12.6. The fraction of sp³-hybridized carbons (Fsp3) is 0.318. The van der Waals surface area contributed by atoms with Crippen LogP contribution in [0, 0.1) is 11.7 Å². The summed E-state index contributed by atoms with van der Waals surface area (Å²) in [7, 11) is 0. The number of carbonyl (C=O) groups is 1. The van der Waals surface area contributed by atoms with Crippen molar-refractivity contribution in [3.63, 3.8) is 0 Å². The minimum Gasteiger partial charge on any atom is -0.371 e. The van der Waals surface area contributed by atoms with Crippen LogP contribution in [0.5, 0.6) is 0 Å². The Morgan fingerprint density at radius 2 is 2.00 bits per heavy atom. The van der Waals surface area contributed by atoms with Gasteiger partial charge in [-0.15, -0.1) is 0 Å². The van der Waals surface area contributed by atoms with Crippen LogP contribution in [-0.2, 0) is 4.79 Å². The Hall–Kier alpha value is -2.82. The van der Waals surface area contributed by atoms with Crippen LogP contribution < -0.4 is 15.5 Å². The van der Waals surface area contributed by atoms with Crippen molar-refractivity contribution in [2.24, 2.45) is 5.92 Å². The molecular weight excluding hydrogens is 341 g/mol. The molecule has 4 nitrogen and oxygen atoms in total. The molecule has 2 aromatic carbocycles. The summed E-state index contributed by atoms with van der Waals surface area (Å²) < 4.78 is 13.3. The number of amides is 1. The molecule has 0 saturated heterocycles. The highest BCUT2D eigenvalue weighted by atomic mass is 19.1. The number of anilines is 3. The van der Waals surface area contributed by atoms with E-state index in [9.17, 15) is 9.18 Å². The lowest BCUT2D eigenvalue weighted by Crippen LogP contribution is -2.26. The molecule has 0 radical (unpaired) electrons. The van der Waals surface area contributed by atoms with Gasteiger partial charge in [-0.2, -0.15) is 0 Å². The molecule has 2 N–H and O–H groups in total. The highest BCUT2D eigenvalue weighted by Crippen LogP contribution is 2.33. The van der Waals surface area contributed by atoms with Gasteiger partial charge in [-0.1, -0.05) is 6.92 Å². The molecule has 1 saturated carbocycles. The van der Waals surface area contributed by atoms with E-state index in [1.165, 1.54) is 30.7 Å². The molecule has 0 unspecified atom stereocenters. The standard InChI is InChI=1S/C22H24FN3O/c1-2-11-26(14-15-3-4-15)18-8-6-17(7-9-18)24-13-20-19-10-5-16(23)12-21(19)25-22(20)27/h5-10,12-13,15,24H,2-4,11,14H2,1H3,(H,25,27)/b20-13+. The molecule has 1 aliphatic carbocycles. The third-order valence-corrected chi connectivity index (χ3v) is 5.05. The number of rotatable bonds is 7. The van der Waals surface area contributed by atoms with Crippen LogP contribution in [-0.4, -0.2) is 19.0 Å². The van der Waals surface area contributed by atoms with Gasteiger partial charge in [0.2, 0.25) is 0 Å². The zero-order chi connectivity index (χ0) is 18.8. The molecule has 1 aliphatic heterocycles. The number of benzene rings is 2. The van der Waals surface area contributed by atoms with Crippen molar-refractivity contribution in [3.8, 4) is 0 Å². The Labute approximate surface area is 159 Å². The summed E-state index contributed by atoms with van der Waals surface area (Å²) in [4.78, 5) is 14.6.